The van der Waals surface area contributed by atoms with Crippen LogP contribution in [0.4, 0.5) is 4.79 Å². The quantitative estimate of drug-likeness (QED) is 0.254. The van der Waals surface area contributed by atoms with Gasteiger partial charge in [-0.15, -0.1) is 0 Å². The Bertz CT molecular complexity index is 1950. The Morgan fingerprint density at radius 1 is 1.12 bits per heavy atom. The largest absolute Gasteiger partial charge is 0.494 e. The van der Waals surface area contributed by atoms with Crippen molar-refractivity contribution in [2.75, 3.05) is 13.7 Å². The second-order valence-corrected chi connectivity index (χ2v) is 17.9. The maximum atomic E-state index is 14.4. The van der Waals surface area contributed by atoms with Crippen LogP contribution in [0.15, 0.2) is 41.0 Å². The Hall–Kier alpha value is -4.24. The van der Waals surface area contributed by atoms with Gasteiger partial charge in [-0.3, -0.25) is 19.1 Å². The number of alkyl carbamates (subject to hydrolysis) is 1. The third-order valence-electron chi connectivity index (χ3n) is 9.16. The fraction of sp³-hybridized carbons (Fsp3) is 0.556. The number of amides is 4. The van der Waals surface area contributed by atoms with Crippen LogP contribution < -0.4 is 19.5 Å². The van der Waals surface area contributed by atoms with Gasteiger partial charge in [-0.2, -0.15) is 0 Å². The van der Waals surface area contributed by atoms with E-state index in [0.717, 1.165) is 0 Å². The van der Waals surface area contributed by atoms with Crippen LogP contribution in [0, 0.1) is 10.8 Å². The number of hydrogen-bond donors (Lipinski definition) is 2. The number of aromatic nitrogens is 1. The van der Waals surface area contributed by atoms with E-state index < -0.39 is 73.7 Å². The maximum absolute atomic E-state index is 14.4. The fourth-order valence-electron chi connectivity index (χ4n) is 6.15. The van der Waals surface area contributed by atoms with Crippen LogP contribution in [0.5, 0.6) is 11.6 Å². The van der Waals surface area contributed by atoms with E-state index in [1.807, 2.05) is 0 Å². The minimum absolute atomic E-state index is 0.00723. The smallest absolute Gasteiger partial charge is 0.408 e. The van der Waals surface area contributed by atoms with E-state index in [4.69, 9.17) is 25.8 Å². The van der Waals surface area contributed by atoms with Gasteiger partial charge in [0.1, 0.15) is 35.0 Å². The molecule has 1 saturated heterocycles. The number of nitrogens with one attached hydrogen (secondary N) is 2. The molecule has 282 valence electrons. The lowest BCUT2D eigenvalue weighted by Crippen LogP contribution is -2.57. The molecule has 0 spiro atoms. The van der Waals surface area contributed by atoms with Crippen molar-refractivity contribution < 1.29 is 41.8 Å². The lowest BCUT2D eigenvalue weighted by molar-refractivity contribution is -0.141. The molecule has 2 saturated carbocycles. The van der Waals surface area contributed by atoms with Crippen LogP contribution in [0.1, 0.15) is 74.1 Å². The number of halogens is 1. The zero-order valence-electron chi connectivity index (χ0n) is 30.6. The number of pyridine rings is 1. The minimum Gasteiger partial charge on any atom is -0.494 e. The summed E-state index contributed by atoms with van der Waals surface area (Å²) in [5.41, 5.74) is -2.45. The predicted molar refractivity (Wildman–Crippen MR) is 195 cm³/mol. The van der Waals surface area contributed by atoms with Gasteiger partial charge in [-0.25, -0.2) is 23.2 Å². The van der Waals surface area contributed by atoms with E-state index in [0.29, 0.717) is 40.0 Å². The molecule has 0 radical (unpaired) electrons. The summed E-state index contributed by atoms with van der Waals surface area (Å²) in [5.74, 6) is -1.41. The van der Waals surface area contributed by atoms with Crippen molar-refractivity contribution in [3.8, 4) is 11.6 Å². The van der Waals surface area contributed by atoms with Gasteiger partial charge in [0, 0.05) is 28.4 Å². The van der Waals surface area contributed by atoms with Gasteiger partial charge >= 0.3 is 6.09 Å². The molecule has 1 aromatic heterocycles. The van der Waals surface area contributed by atoms with E-state index in [1.165, 1.54) is 24.4 Å². The van der Waals surface area contributed by atoms with Crippen molar-refractivity contribution in [1.82, 2.24) is 19.9 Å². The number of allylic oxidation sites excluding steroid dienone is 1. The fourth-order valence-corrected chi connectivity index (χ4v) is 7.69. The third-order valence-corrected chi connectivity index (χ3v) is 11.2. The molecule has 52 heavy (non-hydrogen) atoms. The summed E-state index contributed by atoms with van der Waals surface area (Å²) in [6.07, 6.45) is 3.92. The Morgan fingerprint density at radius 3 is 2.38 bits per heavy atom. The molecule has 16 heteroatoms. The highest BCUT2D eigenvalue weighted by Crippen LogP contribution is 2.51. The number of benzene rings is 1. The van der Waals surface area contributed by atoms with Crippen molar-refractivity contribution in [2.24, 2.45) is 15.8 Å². The lowest BCUT2D eigenvalue weighted by atomic mass is 9.85. The molecule has 14 nitrogen and oxygen atoms in total. The molecule has 2 N–H and O–H groups in total. The van der Waals surface area contributed by atoms with E-state index in [9.17, 15) is 27.6 Å². The number of likely N-dealkylation sites (tertiary alicyclic amines) is 1. The SMILES string of the molecule is CC=C1C[C@]1(C=NC(=O)[C@@H]1C[C@@H](Oc2ncc(OC)c3ccc(Cl)cc23)CN1C(=O)[C@@H](NC(=O)OC(C)(C)C)C(C)(C)C)C(=O)NS(=O)(=O)C1CC1. The third kappa shape index (κ3) is 8.52. The van der Waals surface area contributed by atoms with Crippen LogP contribution in [0.25, 0.3) is 10.8 Å². The number of carbonyl (C=O) groups excluding carboxylic acids is 4. The number of fused-ring (bicyclic) bond motifs is 1. The van der Waals surface area contributed by atoms with Gasteiger partial charge in [0.2, 0.25) is 27.7 Å². The number of methoxy groups -OCH3 is 1. The topological polar surface area (TPSA) is 183 Å². The van der Waals surface area contributed by atoms with Gasteiger partial charge in [-0.1, -0.05) is 44.0 Å². The summed E-state index contributed by atoms with van der Waals surface area (Å²) < 4.78 is 44.6. The molecule has 2 aliphatic carbocycles. The highest BCUT2D eigenvalue weighted by atomic mass is 35.5. The Labute approximate surface area is 308 Å². The molecule has 1 aromatic carbocycles. The number of rotatable bonds is 10. The molecule has 2 aromatic rings. The molecular weight excluding hydrogens is 714 g/mol. The molecule has 4 atom stereocenters. The standard InChI is InChI=1S/C36H46ClN5O9S/c1-9-20-16-36(20,32(45)41-52(47,48)23-11-12-23)19-39-29(43)26-15-22(50-30-25-14-21(37)10-13-24(25)27(49-8)17-38-30)18-42(26)31(44)28(34(2,3)4)40-33(46)51-35(5,6)7/h9-10,13-14,17,19,22-23,26,28H,11-12,15-16,18H2,1-8H3,(H,40,46)(H,41,45)/t22-,26+,28-,36-/m1/s1. The summed E-state index contributed by atoms with van der Waals surface area (Å²) in [6.45, 7) is 12.1. The molecule has 1 aliphatic heterocycles. The molecule has 4 amide bonds. The molecule has 0 bridgehead atoms. The minimum atomic E-state index is -3.85. The van der Waals surface area contributed by atoms with Crippen molar-refractivity contribution in [3.63, 3.8) is 0 Å². The van der Waals surface area contributed by atoms with E-state index in [-0.39, 0.29) is 25.3 Å². The second-order valence-electron chi connectivity index (χ2n) is 15.5. The highest BCUT2D eigenvalue weighted by Gasteiger charge is 2.56. The average molecular weight is 760 g/mol. The van der Waals surface area contributed by atoms with Gasteiger partial charge in [0.15, 0.2) is 0 Å². The monoisotopic (exact) mass is 759 g/mol. The summed E-state index contributed by atoms with van der Waals surface area (Å²) in [4.78, 5) is 64.5. The van der Waals surface area contributed by atoms with E-state index in [2.05, 4.69) is 20.0 Å². The molecule has 3 fully saturated rings. The normalized spacial score (nSPS) is 23.4. The molecule has 3 aliphatic rings. The van der Waals surface area contributed by atoms with Crippen LogP contribution in [-0.2, 0) is 29.1 Å². The zero-order chi connectivity index (χ0) is 38.4. The lowest BCUT2D eigenvalue weighted by Gasteiger charge is -2.35. The zero-order valence-corrected chi connectivity index (χ0v) is 32.2. The van der Waals surface area contributed by atoms with Crippen LogP contribution in [-0.4, -0.2) is 91.0 Å². The number of ether oxygens (including phenoxy) is 3. The Kier molecular flexibility index (Phi) is 10.7. The van der Waals surface area contributed by atoms with Crippen LogP contribution in [0.3, 0.4) is 0 Å². The van der Waals surface area contributed by atoms with Crippen molar-refractivity contribution in [3.05, 3.63) is 41.1 Å². The van der Waals surface area contributed by atoms with E-state index in [1.54, 1.807) is 72.7 Å². The molecule has 2 heterocycles. The summed E-state index contributed by atoms with van der Waals surface area (Å²) in [6, 6.07) is 2.86. The second kappa shape index (κ2) is 14.3. The summed E-state index contributed by atoms with van der Waals surface area (Å²) >= 11 is 6.32. The number of hydrogen-bond acceptors (Lipinski definition) is 10. The Morgan fingerprint density at radius 2 is 1.81 bits per heavy atom. The maximum Gasteiger partial charge on any atom is 0.408 e. The molecular formula is C36H46ClN5O9S. The highest BCUT2D eigenvalue weighted by molar-refractivity contribution is 7.91. The number of nitrogens with zero attached hydrogens (tertiary/aromatic N) is 3. The summed E-state index contributed by atoms with van der Waals surface area (Å²) in [7, 11) is -2.34. The Balaban J connectivity index is 1.46. The number of carbonyl (C=O) groups is 4. The molecule has 0 unspecified atom stereocenters. The summed E-state index contributed by atoms with van der Waals surface area (Å²) in [5, 5.41) is 3.74. The van der Waals surface area contributed by atoms with Gasteiger partial charge in [0.25, 0.3) is 5.91 Å². The average Bonchev–Trinajstić information content (AvgIpc) is 3.97. The van der Waals surface area contributed by atoms with E-state index >= 15 is 0 Å². The van der Waals surface area contributed by atoms with Crippen LogP contribution >= 0.6 is 11.6 Å². The van der Waals surface area contributed by atoms with Gasteiger partial charge < -0.3 is 24.4 Å². The van der Waals surface area contributed by atoms with Crippen LogP contribution in [0.2, 0.25) is 5.02 Å². The first-order valence-electron chi connectivity index (χ1n) is 17.1. The predicted octanol–water partition coefficient (Wildman–Crippen LogP) is 4.73. The number of sulfonamides is 1. The van der Waals surface area contributed by atoms with Crippen molar-refractivity contribution >= 4 is 62.4 Å². The van der Waals surface area contributed by atoms with Gasteiger partial charge in [-0.05, 0) is 70.6 Å². The molecule has 5 rings (SSSR count). The van der Waals surface area contributed by atoms with Gasteiger partial charge in [0.05, 0.1) is 25.1 Å². The number of aliphatic imine (C=N–C) groups is 1. The first kappa shape index (κ1) is 39.0. The first-order chi connectivity index (χ1) is 24.2. The van der Waals surface area contributed by atoms with Crippen molar-refractivity contribution in [1.29, 1.82) is 0 Å². The first-order valence-corrected chi connectivity index (χ1v) is 19.0. The van der Waals surface area contributed by atoms with Crippen molar-refractivity contribution in [2.45, 2.75) is 103 Å².